The molecule has 1 saturated heterocycles. The highest BCUT2D eigenvalue weighted by Crippen LogP contribution is 2.25. The van der Waals surface area contributed by atoms with Gasteiger partial charge in [-0.3, -0.25) is 4.31 Å². The first-order chi connectivity index (χ1) is 10.3. The Kier molecular flexibility index (Phi) is 5.47. The Morgan fingerprint density at radius 3 is 2.36 bits per heavy atom. The van der Waals surface area contributed by atoms with Crippen molar-refractivity contribution < 1.29 is 13.5 Å². The zero-order valence-corrected chi connectivity index (χ0v) is 14.3. The van der Waals surface area contributed by atoms with Gasteiger partial charge in [-0.25, -0.2) is 8.42 Å². The predicted molar refractivity (Wildman–Crippen MR) is 89.5 cm³/mol. The molecular formula is C16H26N2O3S. The highest BCUT2D eigenvalue weighted by atomic mass is 32.2. The number of benzene rings is 1. The van der Waals surface area contributed by atoms with Crippen molar-refractivity contribution in [2.75, 3.05) is 23.1 Å². The molecule has 0 aromatic heterocycles. The van der Waals surface area contributed by atoms with Crippen LogP contribution in [0.4, 0.5) is 5.69 Å². The number of nitrogens with one attached hydrogen (secondary N) is 1. The molecule has 2 unspecified atom stereocenters. The zero-order valence-electron chi connectivity index (χ0n) is 13.5. The van der Waals surface area contributed by atoms with E-state index in [0.717, 1.165) is 11.3 Å². The van der Waals surface area contributed by atoms with Gasteiger partial charge in [0.25, 0.3) is 0 Å². The summed E-state index contributed by atoms with van der Waals surface area (Å²) in [7, 11) is -3.12. The fraction of sp³-hybridized carbons (Fsp3) is 0.625. The standard InChI is InChI=1S/C16H26N2O3S/c1-12(2)16(19)11-17-13(3)14-5-7-15(8-6-14)18-9-4-10-22(18,20)21/h5-8,12-13,16-17,19H,4,9-11H2,1-3H3. The van der Waals surface area contributed by atoms with Gasteiger partial charge in [-0.05, 0) is 37.0 Å². The van der Waals surface area contributed by atoms with Crippen LogP contribution in [-0.4, -0.2) is 38.5 Å². The minimum absolute atomic E-state index is 0.109. The second kappa shape index (κ2) is 6.98. The highest BCUT2D eigenvalue weighted by Gasteiger charge is 2.28. The number of hydrogen-bond donors (Lipinski definition) is 2. The number of sulfonamides is 1. The molecule has 0 spiro atoms. The number of rotatable bonds is 6. The van der Waals surface area contributed by atoms with Crippen LogP contribution >= 0.6 is 0 Å². The van der Waals surface area contributed by atoms with Gasteiger partial charge < -0.3 is 10.4 Å². The van der Waals surface area contributed by atoms with Crippen LogP contribution in [0.2, 0.25) is 0 Å². The van der Waals surface area contributed by atoms with Crippen molar-refractivity contribution in [3.63, 3.8) is 0 Å². The summed E-state index contributed by atoms with van der Waals surface area (Å²) in [6.45, 7) is 7.12. The molecule has 124 valence electrons. The van der Waals surface area contributed by atoms with E-state index < -0.39 is 10.0 Å². The number of aliphatic hydroxyl groups is 1. The summed E-state index contributed by atoms with van der Waals surface area (Å²) in [4.78, 5) is 0. The fourth-order valence-corrected chi connectivity index (χ4v) is 4.07. The molecule has 22 heavy (non-hydrogen) atoms. The van der Waals surface area contributed by atoms with Crippen LogP contribution in [0.25, 0.3) is 0 Å². The largest absolute Gasteiger partial charge is 0.392 e. The van der Waals surface area contributed by atoms with Gasteiger partial charge in [0.1, 0.15) is 0 Å². The third-order valence-corrected chi connectivity index (χ3v) is 6.05. The maximum Gasteiger partial charge on any atom is 0.235 e. The maximum absolute atomic E-state index is 11.9. The van der Waals surface area contributed by atoms with E-state index in [4.69, 9.17) is 0 Å². The van der Waals surface area contributed by atoms with Crippen LogP contribution < -0.4 is 9.62 Å². The normalized spacial score (nSPS) is 20.3. The molecule has 0 bridgehead atoms. The van der Waals surface area contributed by atoms with E-state index in [1.165, 1.54) is 4.31 Å². The lowest BCUT2D eigenvalue weighted by Crippen LogP contribution is -2.32. The summed E-state index contributed by atoms with van der Waals surface area (Å²) in [6, 6.07) is 7.72. The predicted octanol–water partition coefficient (Wildman–Crippen LogP) is 1.89. The van der Waals surface area contributed by atoms with E-state index in [9.17, 15) is 13.5 Å². The van der Waals surface area contributed by atoms with Crippen molar-refractivity contribution in [2.45, 2.75) is 39.3 Å². The summed E-state index contributed by atoms with van der Waals surface area (Å²) in [6.07, 6.45) is 0.325. The average Bonchev–Trinajstić information content (AvgIpc) is 2.83. The van der Waals surface area contributed by atoms with Crippen LogP contribution in [-0.2, 0) is 10.0 Å². The molecule has 0 saturated carbocycles. The Morgan fingerprint density at radius 2 is 1.86 bits per heavy atom. The first-order valence-electron chi connectivity index (χ1n) is 7.83. The molecule has 1 fully saturated rings. The Hall–Kier alpha value is -1.11. The van der Waals surface area contributed by atoms with Gasteiger partial charge in [0, 0.05) is 19.1 Å². The monoisotopic (exact) mass is 326 g/mol. The Bertz CT molecular complexity index is 584. The smallest absolute Gasteiger partial charge is 0.235 e. The van der Waals surface area contributed by atoms with Crippen molar-refractivity contribution in [1.29, 1.82) is 0 Å². The second-order valence-corrected chi connectivity index (χ2v) is 8.29. The quantitative estimate of drug-likeness (QED) is 0.838. The summed E-state index contributed by atoms with van der Waals surface area (Å²) in [5.41, 5.74) is 1.81. The molecule has 0 radical (unpaired) electrons. The number of anilines is 1. The summed E-state index contributed by atoms with van der Waals surface area (Å²) < 4.78 is 25.3. The first-order valence-corrected chi connectivity index (χ1v) is 9.44. The van der Waals surface area contributed by atoms with E-state index in [1.54, 1.807) is 0 Å². The molecule has 2 N–H and O–H groups in total. The minimum atomic E-state index is -3.12. The molecular weight excluding hydrogens is 300 g/mol. The van der Waals surface area contributed by atoms with Gasteiger partial charge in [0.15, 0.2) is 0 Å². The Labute approximate surface area is 133 Å². The van der Waals surface area contributed by atoms with Crippen molar-refractivity contribution in [1.82, 2.24) is 5.32 Å². The number of nitrogens with zero attached hydrogens (tertiary/aromatic N) is 1. The highest BCUT2D eigenvalue weighted by molar-refractivity contribution is 7.93. The van der Waals surface area contributed by atoms with Crippen LogP contribution in [0.15, 0.2) is 24.3 Å². The van der Waals surface area contributed by atoms with E-state index in [-0.39, 0.29) is 23.8 Å². The third-order valence-electron chi connectivity index (χ3n) is 4.18. The van der Waals surface area contributed by atoms with Crippen LogP contribution in [0.5, 0.6) is 0 Å². The van der Waals surface area contributed by atoms with Crippen LogP contribution in [0, 0.1) is 5.92 Å². The molecule has 6 heteroatoms. The Morgan fingerprint density at radius 1 is 1.23 bits per heavy atom. The van der Waals surface area contributed by atoms with E-state index >= 15 is 0 Å². The molecule has 1 heterocycles. The lowest BCUT2D eigenvalue weighted by Gasteiger charge is -2.21. The van der Waals surface area contributed by atoms with Gasteiger partial charge in [0.2, 0.25) is 10.0 Å². The average molecular weight is 326 g/mol. The molecule has 0 amide bonds. The van der Waals surface area contributed by atoms with Crippen LogP contribution in [0.3, 0.4) is 0 Å². The summed E-state index contributed by atoms with van der Waals surface area (Å²) >= 11 is 0. The molecule has 5 nitrogen and oxygen atoms in total. The lowest BCUT2D eigenvalue weighted by atomic mass is 10.1. The fourth-order valence-electron chi connectivity index (χ4n) is 2.51. The van der Waals surface area contributed by atoms with Crippen molar-refractivity contribution >= 4 is 15.7 Å². The number of aliphatic hydroxyl groups excluding tert-OH is 1. The van der Waals surface area contributed by atoms with Gasteiger partial charge in [-0.1, -0.05) is 26.0 Å². The topological polar surface area (TPSA) is 69.6 Å². The first kappa shape index (κ1) is 17.2. The molecule has 2 atom stereocenters. The zero-order chi connectivity index (χ0) is 16.3. The SMILES string of the molecule is CC(NCC(O)C(C)C)c1ccc(N2CCCS2(=O)=O)cc1. The van der Waals surface area contributed by atoms with Gasteiger partial charge in [0.05, 0.1) is 17.5 Å². The molecule has 0 aliphatic carbocycles. The van der Waals surface area contributed by atoms with Crippen molar-refractivity contribution in [3.8, 4) is 0 Å². The lowest BCUT2D eigenvalue weighted by molar-refractivity contribution is 0.120. The van der Waals surface area contributed by atoms with E-state index in [0.29, 0.717) is 19.5 Å². The molecule has 1 aromatic carbocycles. The van der Waals surface area contributed by atoms with Gasteiger partial charge in [-0.15, -0.1) is 0 Å². The van der Waals surface area contributed by atoms with Crippen molar-refractivity contribution in [3.05, 3.63) is 29.8 Å². The second-order valence-electron chi connectivity index (χ2n) is 6.27. The third kappa shape index (κ3) is 4.00. The number of hydrogen-bond acceptors (Lipinski definition) is 4. The molecule has 1 aliphatic rings. The molecule has 1 aliphatic heterocycles. The summed E-state index contributed by atoms with van der Waals surface area (Å²) in [5, 5.41) is 13.1. The Balaban J connectivity index is 2.00. The molecule has 1 aromatic rings. The summed E-state index contributed by atoms with van der Waals surface area (Å²) in [5.74, 6) is 0.460. The minimum Gasteiger partial charge on any atom is -0.392 e. The van der Waals surface area contributed by atoms with Gasteiger partial charge in [-0.2, -0.15) is 0 Å². The van der Waals surface area contributed by atoms with E-state index in [1.807, 2.05) is 45.0 Å². The van der Waals surface area contributed by atoms with Gasteiger partial charge >= 0.3 is 0 Å². The van der Waals surface area contributed by atoms with Crippen molar-refractivity contribution in [2.24, 2.45) is 5.92 Å². The van der Waals surface area contributed by atoms with E-state index in [2.05, 4.69) is 5.32 Å². The van der Waals surface area contributed by atoms with Crippen LogP contribution in [0.1, 0.15) is 38.8 Å². The maximum atomic E-state index is 11.9. The molecule has 2 rings (SSSR count).